The number of hydrazone groups is 1. The molecule has 0 spiro atoms. The van der Waals surface area contributed by atoms with Crippen molar-refractivity contribution in [1.29, 1.82) is 0 Å². The molecule has 1 aromatic carbocycles. The normalized spacial score (nSPS) is 14.6. The summed E-state index contributed by atoms with van der Waals surface area (Å²) in [7, 11) is -7.41. The summed E-state index contributed by atoms with van der Waals surface area (Å²) in [4.78, 5) is 16.7. The lowest BCUT2D eigenvalue weighted by Crippen LogP contribution is -2.25. The van der Waals surface area contributed by atoms with Gasteiger partial charge in [-0.15, -0.1) is 11.3 Å². The first kappa shape index (κ1) is 24.0. The molecule has 1 fully saturated rings. The number of aromatic nitrogens is 1. The largest absolute Gasteiger partial charge is 0.278 e. The molecular formula is C21H21N5O5S3. The number of benzene rings is 1. The first-order chi connectivity index (χ1) is 16.2. The molecule has 0 atom stereocenters. The van der Waals surface area contributed by atoms with Gasteiger partial charge in [0.1, 0.15) is 4.21 Å². The van der Waals surface area contributed by atoms with Crippen LogP contribution in [0, 0.1) is 0 Å². The zero-order valence-electron chi connectivity index (χ0n) is 17.9. The molecule has 4 rings (SSSR count). The highest BCUT2D eigenvalue weighted by atomic mass is 32.2. The maximum Gasteiger partial charge on any atom is 0.275 e. The zero-order valence-corrected chi connectivity index (χ0v) is 20.4. The van der Waals surface area contributed by atoms with Gasteiger partial charge in [-0.3, -0.25) is 14.5 Å². The number of anilines is 1. The second-order valence-electron chi connectivity index (χ2n) is 7.52. The predicted octanol–water partition coefficient (Wildman–Crippen LogP) is 2.54. The molecule has 178 valence electrons. The van der Waals surface area contributed by atoms with Crippen LogP contribution in [0.1, 0.15) is 35.7 Å². The van der Waals surface area contributed by atoms with Crippen LogP contribution in [0.25, 0.3) is 0 Å². The fourth-order valence-electron chi connectivity index (χ4n) is 2.90. The van der Waals surface area contributed by atoms with Gasteiger partial charge in [0, 0.05) is 18.4 Å². The van der Waals surface area contributed by atoms with E-state index >= 15 is 0 Å². The Bertz CT molecular complexity index is 1430. The van der Waals surface area contributed by atoms with Gasteiger partial charge in [-0.25, -0.2) is 27.0 Å². The molecule has 3 N–H and O–H groups in total. The van der Waals surface area contributed by atoms with E-state index in [0.29, 0.717) is 11.3 Å². The van der Waals surface area contributed by atoms with Crippen LogP contribution in [0.5, 0.6) is 0 Å². The summed E-state index contributed by atoms with van der Waals surface area (Å²) in [6.45, 7) is 1.65. The Morgan fingerprint density at radius 3 is 2.44 bits per heavy atom. The van der Waals surface area contributed by atoms with Crippen molar-refractivity contribution in [2.45, 2.75) is 34.9 Å². The van der Waals surface area contributed by atoms with Gasteiger partial charge in [-0.05, 0) is 55.0 Å². The third-order valence-corrected chi connectivity index (χ3v) is 9.18. The first-order valence-corrected chi connectivity index (χ1v) is 14.0. The quantitative estimate of drug-likeness (QED) is 0.292. The van der Waals surface area contributed by atoms with E-state index in [4.69, 9.17) is 0 Å². The summed E-state index contributed by atoms with van der Waals surface area (Å²) < 4.78 is 54.7. The smallest absolute Gasteiger partial charge is 0.275 e. The number of nitrogens with one attached hydrogen (secondary N) is 3. The first-order valence-electron chi connectivity index (χ1n) is 10.1. The maximum absolute atomic E-state index is 12.7. The minimum atomic E-state index is -3.85. The van der Waals surface area contributed by atoms with Crippen molar-refractivity contribution in [1.82, 2.24) is 15.1 Å². The van der Waals surface area contributed by atoms with E-state index in [2.05, 4.69) is 25.0 Å². The molecule has 3 aromatic rings. The molecule has 2 aromatic heterocycles. The van der Waals surface area contributed by atoms with E-state index in [1.54, 1.807) is 30.5 Å². The number of amides is 1. The number of rotatable bonds is 9. The van der Waals surface area contributed by atoms with Crippen molar-refractivity contribution in [2.75, 3.05) is 4.72 Å². The number of hydrogen-bond donors (Lipinski definition) is 3. The monoisotopic (exact) mass is 519 g/mol. The molecule has 2 heterocycles. The van der Waals surface area contributed by atoms with Gasteiger partial charge in [-0.1, -0.05) is 18.2 Å². The van der Waals surface area contributed by atoms with Gasteiger partial charge in [-0.2, -0.15) is 5.10 Å². The molecule has 0 bridgehead atoms. The third kappa shape index (κ3) is 5.67. The fraction of sp³-hybridized carbons (Fsp3) is 0.190. The molecule has 1 saturated carbocycles. The number of hydrogen-bond acceptors (Lipinski definition) is 8. The highest BCUT2D eigenvalue weighted by molar-refractivity contribution is 7.94. The van der Waals surface area contributed by atoms with Gasteiger partial charge in [0.25, 0.3) is 15.9 Å². The molecule has 0 radical (unpaired) electrons. The number of pyridine rings is 1. The molecular weight excluding hydrogens is 498 g/mol. The van der Waals surface area contributed by atoms with Crippen LogP contribution in [0.4, 0.5) is 5.69 Å². The molecule has 0 saturated heterocycles. The van der Waals surface area contributed by atoms with E-state index in [1.807, 2.05) is 0 Å². The SMILES string of the molecule is CC(=NNC(=O)c1cnccc1NS(=O)(=O)c1cccs1)c1ccc(S(=O)(=O)NC2CC2)cc1. The van der Waals surface area contributed by atoms with Gasteiger partial charge in [0.05, 0.1) is 21.9 Å². The number of carbonyl (C=O) groups is 1. The summed E-state index contributed by atoms with van der Waals surface area (Å²) in [6.07, 6.45) is 4.29. The highest BCUT2D eigenvalue weighted by Crippen LogP contribution is 2.23. The van der Waals surface area contributed by atoms with Crippen molar-refractivity contribution >= 4 is 48.7 Å². The van der Waals surface area contributed by atoms with Gasteiger partial charge < -0.3 is 0 Å². The topological polar surface area (TPSA) is 147 Å². The Kier molecular flexibility index (Phi) is 6.79. The van der Waals surface area contributed by atoms with Crippen LogP contribution in [0.2, 0.25) is 0 Å². The summed E-state index contributed by atoms with van der Waals surface area (Å²) in [6, 6.07) is 10.6. The Hall–Kier alpha value is -3.13. The number of carbonyl (C=O) groups excluding carboxylic acids is 1. The van der Waals surface area contributed by atoms with Gasteiger partial charge in [0.2, 0.25) is 10.0 Å². The van der Waals surface area contributed by atoms with Crippen molar-refractivity contribution in [3.05, 3.63) is 71.4 Å². The lowest BCUT2D eigenvalue weighted by atomic mass is 10.1. The average molecular weight is 520 g/mol. The van der Waals surface area contributed by atoms with Crippen LogP contribution in [-0.4, -0.2) is 39.5 Å². The lowest BCUT2D eigenvalue weighted by Gasteiger charge is -2.10. The predicted molar refractivity (Wildman–Crippen MR) is 129 cm³/mol. The fourth-order valence-corrected chi connectivity index (χ4v) is 6.28. The molecule has 10 nitrogen and oxygen atoms in total. The minimum absolute atomic E-state index is 0.00762. The van der Waals surface area contributed by atoms with Crippen LogP contribution in [-0.2, 0) is 20.0 Å². The molecule has 1 amide bonds. The Balaban J connectivity index is 1.46. The van der Waals surface area contributed by atoms with Crippen molar-refractivity contribution in [3.63, 3.8) is 0 Å². The van der Waals surface area contributed by atoms with Crippen molar-refractivity contribution in [2.24, 2.45) is 5.10 Å². The van der Waals surface area contributed by atoms with Crippen molar-refractivity contribution < 1.29 is 21.6 Å². The van der Waals surface area contributed by atoms with E-state index in [0.717, 1.165) is 24.2 Å². The maximum atomic E-state index is 12.7. The summed E-state index contributed by atoms with van der Waals surface area (Å²) in [5.74, 6) is -0.663. The minimum Gasteiger partial charge on any atom is -0.278 e. The Labute approximate surface area is 201 Å². The molecule has 13 heteroatoms. The molecule has 1 aliphatic carbocycles. The van der Waals surface area contributed by atoms with Crippen LogP contribution >= 0.6 is 11.3 Å². The summed E-state index contributed by atoms with van der Waals surface area (Å²) in [5, 5.41) is 5.69. The lowest BCUT2D eigenvalue weighted by molar-refractivity contribution is 0.0955. The zero-order chi connectivity index (χ0) is 24.3. The summed E-state index contributed by atoms with van der Waals surface area (Å²) in [5.41, 5.74) is 3.47. The van der Waals surface area contributed by atoms with Gasteiger partial charge >= 0.3 is 0 Å². The number of sulfonamides is 2. The second kappa shape index (κ2) is 9.62. The number of nitrogens with zero attached hydrogens (tertiary/aromatic N) is 2. The van der Waals surface area contributed by atoms with Gasteiger partial charge in [0.15, 0.2) is 0 Å². The molecule has 34 heavy (non-hydrogen) atoms. The second-order valence-corrected chi connectivity index (χ2v) is 12.1. The third-order valence-electron chi connectivity index (χ3n) is 4.88. The van der Waals surface area contributed by atoms with Crippen LogP contribution < -0.4 is 14.9 Å². The van der Waals surface area contributed by atoms with Crippen LogP contribution in [0.15, 0.2) is 74.4 Å². The van der Waals surface area contributed by atoms with E-state index in [-0.39, 0.29) is 26.4 Å². The van der Waals surface area contributed by atoms with E-state index < -0.39 is 26.0 Å². The highest BCUT2D eigenvalue weighted by Gasteiger charge is 2.28. The molecule has 0 aliphatic heterocycles. The standard InChI is InChI=1S/C21H21N5O5S3/c1-14(15-4-8-17(9-5-15)33(28,29)25-16-6-7-16)23-24-21(27)18-13-22-11-10-19(18)26-34(30,31)20-3-2-12-32-20/h2-5,8-13,16,25H,6-7H2,1H3,(H,22,26)(H,24,27). The number of thiophene rings is 1. The Morgan fingerprint density at radius 2 is 1.79 bits per heavy atom. The average Bonchev–Trinajstić information content (AvgIpc) is 3.42. The summed E-state index contributed by atoms with van der Waals surface area (Å²) >= 11 is 1.05. The van der Waals surface area contributed by atoms with E-state index in [1.165, 1.54) is 36.7 Å². The van der Waals surface area contributed by atoms with Crippen molar-refractivity contribution in [3.8, 4) is 0 Å². The molecule has 1 aliphatic rings. The van der Waals surface area contributed by atoms with E-state index in [9.17, 15) is 21.6 Å². The Morgan fingerprint density at radius 1 is 1.06 bits per heavy atom. The molecule has 0 unspecified atom stereocenters. The van der Waals surface area contributed by atoms with Crippen LogP contribution in [0.3, 0.4) is 0 Å².